The predicted octanol–water partition coefficient (Wildman–Crippen LogP) is 3.78. The molecule has 1 aliphatic heterocycles. The Kier molecular flexibility index (Phi) is 5.10. The van der Waals surface area contributed by atoms with E-state index in [1.165, 1.54) is 6.42 Å². The average molecular weight is 391 g/mol. The third-order valence-electron chi connectivity index (χ3n) is 4.55. The molecule has 2 aliphatic rings. The second-order valence-corrected chi connectivity index (χ2v) is 7.10. The van der Waals surface area contributed by atoms with Crippen molar-refractivity contribution in [1.82, 2.24) is 5.32 Å². The molecular formula is C18H19BrN2O3. The summed E-state index contributed by atoms with van der Waals surface area (Å²) in [6.07, 6.45) is 6.00. The minimum absolute atomic E-state index is 0.0959. The summed E-state index contributed by atoms with van der Waals surface area (Å²) in [6, 6.07) is 5.72. The number of benzene rings is 1. The van der Waals surface area contributed by atoms with Crippen LogP contribution in [0.3, 0.4) is 0 Å². The Hall–Kier alpha value is -2.00. The molecule has 2 atom stereocenters. The molecule has 0 saturated heterocycles. The molecule has 24 heavy (non-hydrogen) atoms. The van der Waals surface area contributed by atoms with Crippen LogP contribution >= 0.6 is 15.9 Å². The minimum Gasteiger partial charge on any atom is -0.454 e. The normalized spacial score (nSPS) is 22.8. The van der Waals surface area contributed by atoms with Crippen molar-refractivity contribution in [2.45, 2.75) is 38.6 Å². The molecule has 1 aromatic rings. The number of nitrogens with zero attached hydrogens (tertiary/aromatic N) is 1. The zero-order valence-electron chi connectivity index (χ0n) is 13.5. The Bertz CT molecular complexity index is 724. The summed E-state index contributed by atoms with van der Waals surface area (Å²) in [7, 11) is 0. The number of nitrogens with one attached hydrogen (secondary N) is 1. The first-order valence-electron chi connectivity index (χ1n) is 8.10. The van der Waals surface area contributed by atoms with E-state index in [4.69, 9.17) is 9.47 Å². The van der Waals surface area contributed by atoms with Crippen LogP contribution in [0, 0.1) is 17.2 Å². The molecule has 0 spiro atoms. The lowest BCUT2D eigenvalue weighted by Gasteiger charge is -2.29. The molecule has 6 heteroatoms. The van der Waals surface area contributed by atoms with Crippen molar-refractivity contribution in [1.29, 1.82) is 5.26 Å². The molecule has 0 unspecified atom stereocenters. The molecule has 1 aliphatic carbocycles. The Balaban J connectivity index is 1.78. The van der Waals surface area contributed by atoms with Gasteiger partial charge in [0.25, 0.3) is 5.91 Å². The average Bonchev–Trinajstić information content (AvgIpc) is 3.03. The number of carbonyl (C=O) groups is 1. The second kappa shape index (κ2) is 7.27. The highest BCUT2D eigenvalue weighted by molar-refractivity contribution is 9.10. The topological polar surface area (TPSA) is 71.4 Å². The minimum atomic E-state index is -0.315. The van der Waals surface area contributed by atoms with Gasteiger partial charge < -0.3 is 14.8 Å². The largest absolute Gasteiger partial charge is 0.454 e. The summed E-state index contributed by atoms with van der Waals surface area (Å²) >= 11 is 3.42. The predicted molar refractivity (Wildman–Crippen MR) is 93.4 cm³/mol. The lowest BCUT2D eigenvalue weighted by atomic mass is 9.86. The number of rotatable bonds is 3. The second-order valence-electron chi connectivity index (χ2n) is 6.25. The maximum atomic E-state index is 12.4. The van der Waals surface area contributed by atoms with Crippen LogP contribution in [0.25, 0.3) is 6.08 Å². The van der Waals surface area contributed by atoms with Crippen molar-refractivity contribution in [2.24, 2.45) is 5.92 Å². The fraction of sp³-hybridized carbons (Fsp3) is 0.444. The van der Waals surface area contributed by atoms with E-state index in [0.717, 1.165) is 29.3 Å². The molecule has 1 N–H and O–H groups in total. The number of halogens is 1. The first-order chi connectivity index (χ1) is 11.6. The molecule has 1 heterocycles. The van der Waals surface area contributed by atoms with Gasteiger partial charge in [0.1, 0.15) is 11.6 Å². The van der Waals surface area contributed by atoms with Crippen molar-refractivity contribution in [3.63, 3.8) is 0 Å². The number of hydrogen-bond donors (Lipinski definition) is 1. The molecule has 3 rings (SSSR count). The van der Waals surface area contributed by atoms with Gasteiger partial charge in [-0.3, -0.25) is 4.79 Å². The van der Waals surface area contributed by atoms with Gasteiger partial charge in [0.2, 0.25) is 6.79 Å². The quantitative estimate of drug-likeness (QED) is 0.629. The van der Waals surface area contributed by atoms with E-state index in [1.807, 2.05) is 6.07 Å². The molecule has 126 valence electrons. The van der Waals surface area contributed by atoms with E-state index < -0.39 is 0 Å². The van der Waals surface area contributed by atoms with Crippen LogP contribution in [0.4, 0.5) is 0 Å². The molecule has 1 saturated carbocycles. The smallest absolute Gasteiger partial charge is 0.262 e. The van der Waals surface area contributed by atoms with Gasteiger partial charge in [0.15, 0.2) is 11.5 Å². The van der Waals surface area contributed by atoms with Gasteiger partial charge in [0.05, 0.1) is 4.47 Å². The lowest BCUT2D eigenvalue weighted by molar-refractivity contribution is -0.118. The van der Waals surface area contributed by atoms with E-state index >= 15 is 0 Å². The van der Waals surface area contributed by atoms with Crippen LogP contribution in [-0.2, 0) is 4.79 Å². The zero-order chi connectivity index (χ0) is 17.1. The van der Waals surface area contributed by atoms with Crippen molar-refractivity contribution >= 4 is 27.9 Å². The highest BCUT2D eigenvalue weighted by Gasteiger charge is 2.24. The zero-order valence-corrected chi connectivity index (χ0v) is 15.1. The fourth-order valence-electron chi connectivity index (χ4n) is 3.16. The van der Waals surface area contributed by atoms with E-state index in [9.17, 15) is 10.1 Å². The van der Waals surface area contributed by atoms with Crippen LogP contribution in [0.1, 0.15) is 38.2 Å². The van der Waals surface area contributed by atoms with E-state index in [2.05, 4.69) is 28.2 Å². The maximum Gasteiger partial charge on any atom is 0.262 e. The highest BCUT2D eigenvalue weighted by atomic mass is 79.9. The van der Waals surface area contributed by atoms with Crippen molar-refractivity contribution in [3.8, 4) is 17.6 Å². The van der Waals surface area contributed by atoms with Gasteiger partial charge >= 0.3 is 0 Å². The van der Waals surface area contributed by atoms with Crippen molar-refractivity contribution in [3.05, 3.63) is 27.7 Å². The highest BCUT2D eigenvalue weighted by Crippen LogP contribution is 2.40. The number of carbonyl (C=O) groups excluding carboxylic acids is 1. The van der Waals surface area contributed by atoms with Gasteiger partial charge in [0, 0.05) is 6.04 Å². The molecule has 1 amide bonds. The molecule has 1 aromatic carbocycles. The monoisotopic (exact) mass is 390 g/mol. The summed E-state index contributed by atoms with van der Waals surface area (Å²) in [5, 5.41) is 12.4. The maximum absolute atomic E-state index is 12.4. The van der Waals surface area contributed by atoms with E-state index in [-0.39, 0.29) is 24.3 Å². The summed E-state index contributed by atoms with van der Waals surface area (Å²) in [5.74, 6) is 1.38. The van der Waals surface area contributed by atoms with Crippen molar-refractivity contribution < 1.29 is 14.3 Å². The van der Waals surface area contributed by atoms with Crippen molar-refractivity contribution in [2.75, 3.05) is 6.79 Å². The molecule has 0 bridgehead atoms. The molecule has 0 aromatic heterocycles. The van der Waals surface area contributed by atoms with Crippen LogP contribution in [0.15, 0.2) is 22.2 Å². The summed E-state index contributed by atoms with van der Waals surface area (Å²) < 4.78 is 11.4. The molecule has 5 nitrogen and oxygen atoms in total. The fourth-order valence-corrected chi connectivity index (χ4v) is 3.74. The Morgan fingerprint density at radius 3 is 2.92 bits per heavy atom. The number of amides is 1. The molecule has 0 radical (unpaired) electrons. The summed E-state index contributed by atoms with van der Waals surface area (Å²) in [5.41, 5.74) is 0.813. The molecule has 1 fully saturated rings. The van der Waals surface area contributed by atoms with Gasteiger partial charge in [-0.1, -0.05) is 19.8 Å². The van der Waals surface area contributed by atoms with E-state index in [1.54, 1.807) is 18.2 Å². The third kappa shape index (κ3) is 3.57. The van der Waals surface area contributed by atoms with Crippen LogP contribution in [0.2, 0.25) is 0 Å². The number of nitriles is 1. The summed E-state index contributed by atoms with van der Waals surface area (Å²) in [6.45, 7) is 2.32. The first kappa shape index (κ1) is 16.8. The SMILES string of the molecule is C[C@H]1CCCC[C@@H]1NC(=O)/C(C#N)=C/c1cc(Br)c2c(c1)OCO2. The van der Waals surface area contributed by atoms with Gasteiger partial charge in [-0.2, -0.15) is 5.26 Å². The standard InChI is InChI=1S/C18H19BrN2O3/c1-11-4-2-3-5-15(11)21-18(22)13(9-20)6-12-7-14(19)17-16(8-12)23-10-24-17/h6-8,11,15H,2-5,10H2,1H3,(H,21,22)/b13-6+/t11-,15-/m0/s1. The first-order valence-corrected chi connectivity index (χ1v) is 8.89. The van der Waals surface area contributed by atoms with Crippen LogP contribution in [-0.4, -0.2) is 18.7 Å². The van der Waals surface area contributed by atoms with Crippen LogP contribution in [0.5, 0.6) is 11.5 Å². The number of fused-ring (bicyclic) bond motifs is 1. The Morgan fingerprint density at radius 1 is 1.38 bits per heavy atom. The number of hydrogen-bond acceptors (Lipinski definition) is 4. The Morgan fingerprint density at radius 2 is 2.17 bits per heavy atom. The van der Waals surface area contributed by atoms with Gasteiger partial charge in [-0.15, -0.1) is 0 Å². The third-order valence-corrected chi connectivity index (χ3v) is 5.14. The number of ether oxygens (including phenoxy) is 2. The van der Waals surface area contributed by atoms with E-state index in [0.29, 0.717) is 17.4 Å². The van der Waals surface area contributed by atoms with Gasteiger partial charge in [-0.25, -0.2) is 0 Å². The molecular weight excluding hydrogens is 372 g/mol. The van der Waals surface area contributed by atoms with Crippen LogP contribution < -0.4 is 14.8 Å². The van der Waals surface area contributed by atoms with Gasteiger partial charge in [-0.05, 0) is 58.5 Å². The Labute approximate surface area is 149 Å². The lowest BCUT2D eigenvalue weighted by Crippen LogP contribution is -2.41. The summed E-state index contributed by atoms with van der Waals surface area (Å²) in [4.78, 5) is 12.4.